The van der Waals surface area contributed by atoms with E-state index in [2.05, 4.69) is 15.0 Å². The van der Waals surface area contributed by atoms with Gasteiger partial charge in [0.05, 0.1) is 11.7 Å². The van der Waals surface area contributed by atoms with Crippen molar-refractivity contribution in [1.29, 1.82) is 0 Å². The fraction of sp³-hybridized carbons (Fsp3) is 0.750. The Kier molecular flexibility index (Phi) is 3.75. The van der Waals surface area contributed by atoms with Gasteiger partial charge in [-0.2, -0.15) is 15.0 Å². The number of piperidine rings is 1. The van der Waals surface area contributed by atoms with Gasteiger partial charge in [0, 0.05) is 13.1 Å². The molecule has 1 aliphatic rings. The van der Waals surface area contributed by atoms with Gasteiger partial charge < -0.3 is 20.5 Å². The fourth-order valence-electron chi connectivity index (χ4n) is 1.95. The number of aliphatic hydroxyl groups is 1. The van der Waals surface area contributed by atoms with Gasteiger partial charge >= 0.3 is 6.01 Å². The molecule has 19 heavy (non-hydrogen) atoms. The molecule has 1 saturated heterocycles. The van der Waals surface area contributed by atoms with E-state index in [1.807, 2.05) is 25.7 Å². The second-order valence-corrected chi connectivity index (χ2v) is 5.43. The van der Waals surface area contributed by atoms with Crippen LogP contribution in [0.3, 0.4) is 0 Å². The lowest BCUT2D eigenvalue weighted by Crippen LogP contribution is -2.43. The highest BCUT2D eigenvalue weighted by Crippen LogP contribution is 2.24. The van der Waals surface area contributed by atoms with Crippen LogP contribution in [0.1, 0.15) is 33.6 Å². The van der Waals surface area contributed by atoms with E-state index in [0.717, 1.165) is 0 Å². The van der Waals surface area contributed by atoms with E-state index in [1.54, 1.807) is 0 Å². The van der Waals surface area contributed by atoms with Gasteiger partial charge in [0.25, 0.3) is 0 Å². The van der Waals surface area contributed by atoms with Crippen LogP contribution in [0.2, 0.25) is 0 Å². The zero-order chi connectivity index (χ0) is 14.0. The van der Waals surface area contributed by atoms with Crippen molar-refractivity contribution in [3.8, 4) is 6.01 Å². The van der Waals surface area contributed by atoms with Gasteiger partial charge in [0.1, 0.15) is 0 Å². The number of hydrogen-bond acceptors (Lipinski definition) is 7. The number of ether oxygens (including phenoxy) is 1. The number of nitrogens with two attached hydrogens (primary N) is 1. The normalized spacial score (nSPS) is 18.7. The van der Waals surface area contributed by atoms with Crippen molar-refractivity contribution in [3.05, 3.63) is 0 Å². The Labute approximate surface area is 112 Å². The molecular formula is C12H21N5O2. The smallest absolute Gasteiger partial charge is 0.323 e. The molecule has 1 aliphatic heterocycles. The highest BCUT2D eigenvalue weighted by molar-refractivity contribution is 5.36. The SMILES string of the molecule is CC(C)Oc1nc(N)nc(N2CCC(C)(O)CC2)n1. The minimum atomic E-state index is -0.605. The Bertz CT molecular complexity index is 440. The molecule has 0 saturated carbocycles. The van der Waals surface area contributed by atoms with Gasteiger partial charge in [-0.05, 0) is 33.6 Å². The summed E-state index contributed by atoms with van der Waals surface area (Å²) in [6.45, 7) is 7.03. The van der Waals surface area contributed by atoms with E-state index in [1.165, 1.54) is 0 Å². The number of hydrogen-bond donors (Lipinski definition) is 2. The average molecular weight is 267 g/mol. The number of aromatic nitrogens is 3. The third-order valence-corrected chi connectivity index (χ3v) is 3.08. The van der Waals surface area contributed by atoms with Gasteiger partial charge in [-0.1, -0.05) is 0 Å². The molecule has 1 fully saturated rings. The number of rotatable bonds is 3. The van der Waals surface area contributed by atoms with E-state index in [0.29, 0.717) is 31.9 Å². The molecule has 2 heterocycles. The second-order valence-electron chi connectivity index (χ2n) is 5.43. The Morgan fingerprint density at radius 3 is 2.47 bits per heavy atom. The molecule has 0 bridgehead atoms. The van der Waals surface area contributed by atoms with Crippen LogP contribution in [0.4, 0.5) is 11.9 Å². The first-order valence-corrected chi connectivity index (χ1v) is 6.51. The summed E-state index contributed by atoms with van der Waals surface area (Å²) in [7, 11) is 0. The molecule has 7 heteroatoms. The van der Waals surface area contributed by atoms with Crippen molar-refractivity contribution in [1.82, 2.24) is 15.0 Å². The summed E-state index contributed by atoms with van der Waals surface area (Å²) in [6, 6.07) is 0.245. The van der Waals surface area contributed by atoms with Gasteiger partial charge in [-0.3, -0.25) is 0 Å². The molecule has 0 aromatic carbocycles. The van der Waals surface area contributed by atoms with Gasteiger partial charge in [0.2, 0.25) is 11.9 Å². The fourth-order valence-corrected chi connectivity index (χ4v) is 1.95. The maximum absolute atomic E-state index is 9.94. The highest BCUT2D eigenvalue weighted by Gasteiger charge is 2.28. The monoisotopic (exact) mass is 267 g/mol. The summed E-state index contributed by atoms with van der Waals surface area (Å²) >= 11 is 0. The maximum Gasteiger partial charge on any atom is 0.323 e. The van der Waals surface area contributed by atoms with E-state index in [9.17, 15) is 5.11 Å². The average Bonchev–Trinajstić information content (AvgIpc) is 2.26. The molecule has 0 spiro atoms. The third-order valence-electron chi connectivity index (χ3n) is 3.08. The van der Waals surface area contributed by atoms with E-state index >= 15 is 0 Å². The van der Waals surface area contributed by atoms with Gasteiger partial charge in [-0.15, -0.1) is 0 Å². The van der Waals surface area contributed by atoms with Crippen LogP contribution in [-0.4, -0.2) is 44.9 Å². The van der Waals surface area contributed by atoms with Crippen molar-refractivity contribution in [2.45, 2.75) is 45.3 Å². The number of anilines is 2. The summed E-state index contributed by atoms with van der Waals surface area (Å²) in [4.78, 5) is 14.3. The predicted molar refractivity (Wildman–Crippen MR) is 72.1 cm³/mol. The van der Waals surface area contributed by atoms with Crippen LogP contribution >= 0.6 is 0 Å². The Balaban J connectivity index is 2.14. The van der Waals surface area contributed by atoms with Gasteiger partial charge in [0.15, 0.2) is 0 Å². The lowest BCUT2D eigenvalue weighted by atomic mass is 9.94. The summed E-state index contributed by atoms with van der Waals surface area (Å²) in [5, 5.41) is 9.94. The third kappa shape index (κ3) is 3.66. The van der Waals surface area contributed by atoms with Crippen LogP contribution in [-0.2, 0) is 0 Å². The first-order valence-electron chi connectivity index (χ1n) is 6.51. The quantitative estimate of drug-likeness (QED) is 0.827. The lowest BCUT2D eigenvalue weighted by molar-refractivity contribution is 0.0348. The minimum absolute atomic E-state index is 0.0169. The topological polar surface area (TPSA) is 97.4 Å². The zero-order valence-electron chi connectivity index (χ0n) is 11.6. The molecule has 1 aromatic heterocycles. The Morgan fingerprint density at radius 2 is 1.89 bits per heavy atom. The molecule has 7 nitrogen and oxygen atoms in total. The molecule has 0 atom stereocenters. The molecule has 0 radical (unpaired) electrons. The molecule has 1 aromatic rings. The standard InChI is InChI=1S/C12H21N5O2/c1-8(2)19-11-15-9(13)14-10(16-11)17-6-4-12(3,18)5-7-17/h8,18H,4-7H2,1-3H3,(H2,13,14,15,16). The van der Waals surface area contributed by atoms with Crippen LogP contribution in [0.15, 0.2) is 0 Å². The van der Waals surface area contributed by atoms with Crippen molar-refractivity contribution < 1.29 is 9.84 Å². The summed E-state index contributed by atoms with van der Waals surface area (Å²) in [5.74, 6) is 0.664. The first kappa shape index (κ1) is 13.8. The van der Waals surface area contributed by atoms with Crippen molar-refractivity contribution in [2.24, 2.45) is 0 Å². The molecule has 3 N–H and O–H groups in total. The predicted octanol–water partition coefficient (Wildman–Crippen LogP) is 0.592. The number of nitrogen functional groups attached to an aromatic ring is 1. The van der Waals surface area contributed by atoms with Crippen LogP contribution < -0.4 is 15.4 Å². The largest absolute Gasteiger partial charge is 0.461 e. The van der Waals surface area contributed by atoms with Crippen LogP contribution in [0, 0.1) is 0 Å². The number of nitrogens with zero attached hydrogens (tertiary/aromatic N) is 4. The Morgan fingerprint density at radius 1 is 1.26 bits per heavy atom. The maximum atomic E-state index is 9.94. The van der Waals surface area contributed by atoms with Gasteiger partial charge in [-0.25, -0.2) is 0 Å². The molecule has 0 amide bonds. The molecular weight excluding hydrogens is 246 g/mol. The second kappa shape index (κ2) is 5.16. The summed E-state index contributed by atoms with van der Waals surface area (Å²) < 4.78 is 5.45. The zero-order valence-corrected chi connectivity index (χ0v) is 11.6. The molecule has 106 valence electrons. The van der Waals surface area contributed by atoms with E-state index < -0.39 is 5.60 Å². The van der Waals surface area contributed by atoms with Crippen molar-refractivity contribution in [2.75, 3.05) is 23.7 Å². The Hall–Kier alpha value is -1.63. The molecule has 2 rings (SSSR count). The molecule has 0 aliphatic carbocycles. The van der Waals surface area contributed by atoms with Crippen molar-refractivity contribution >= 4 is 11.9 Å². The van der Waals surface area contributed by atoms with Crippen LogP contribution in [0.25, 0.3) is 0 Å². The van der Waals surface area contributed by atoms with E-state index in [4.69, 9.17) is 10.5 Å². The lowest BCUT2D eigenvalue weighted by Gasteiger charge is -2.35. The summed E-state index contributed by atoms with van der Waals surface area (Å²) in [5.41, 5.74) is 5.07. The highest BCUT2D eigenvalue weighted by atomic mass is 16.5. The van der Waals surface area contributed by atoms with Crippen molar-refractivity contribution in [3.63, 3.8) is 0 Å². The summed E-state index contributed by atoms with van der Waals surface area (Å²) in [6.07, 6.45) is 1.34. The first-order chi connectivity index (χ1) is 8.85. The van der Waals surface area contributed by atoms with E-state index in [-0.39, 0.29) is 18.1 Å². The molecule has 0 unspecified atom stereocenters. The van der Waals surface area contributed by atoms with Crippen LogP contribution in [0.5, 0.6) is 6.01 Å². The minimum Gasteiger partial charge on any atom is -0.461 e.